The number of rotatable bonds is 7. The standard InChI is InChI=1S/C18H28N2O2/c1-15-14-20(13-12-19-15)18(21)7-5-3-4-6-16-8-10-17(22-2)11-9-16/h8-11,15,19H,3-7,12-14H2,1-2H3. The fourth-order valence-corrected chi connectivity index (χ4v) is 2.89. The topological polar surface area (TPSA) is 41.6 Å². The van der Waals surface area contributed by atoms with Crippen molar-refractivity contribution in [3.63, 3.8) is 0 Å². The van der Waals surface area contributed by atoms with Gasteiger partial charge in [-0.1, -0.05) is 18.6 Å². The van der Waals surface area contributed by atoms with Gasteiger partial charge in [-0.3, -0.25) is 4.79 Å². The average molecular weight is 304 g/mol. The van der Waals surface area contributed by atoms with Crippen LogP contribution in [0.1, 0.15) is 38.2 Å². The summed E-state index contributed by atoms with van der Waals surface area (Å²) in [5.74, 6) is 1.22. The molecule has 0 aromatic heterocycles. The first kappa shape index (κ1) is 16.8. The summed E-state index contributed by atoms with van der Waals surface area (Å²) < 4.78 is 5.16. The first-order chi connectivity index (χ1) is 10.7. The number of carbonyl (C=O) groups is 1. The second kappa shape index (κ2) is 8.79. The predicted molar refractivity (Wildman–Crippen MR) is 89.2 cm³/mol. The van der Waals surface area contributed by atoms with Gasteiger partial charge in [0.15, 0.2) is 0 Å². The van der Waals surface area contributed by atoms with Crippen LogP contribution in [-0.4, -0.2) is 43.6 Å². The van der Waals surface area contributed by atoms with Crippen LogP contribution in [0.15, 0.2) is 24.3 Å². The molecule has 0 bridgehead atoms. The second-order valence-corrected chi connectivity index (χ2v) is 6.10. The minimum absolute atomic E-state index is 0.317. The first-order valence-corrected chi connectivity index (χ1v) is 8.33. The van der Waals surface area contributed by atoms with Gasteiger partial charge in [0.25, 0.3) is 0 Å². The average Bonchev–Trinajstić information content (AvgIpc) is 2.55. The van der Waals surface area contributed by atoms with Gasteiger partial charge in [-0.05, 0) is 43.9 Å². The minimum Gasteiger partial charge on any atom is -0.497 e. The lowest BCUT2D eigenvalue weighted by Crippen LogP contribution is -2.51. The van der Waals surface area contributed by atoms with E-state index in [2.05, 4.69) is 24.4 Å². The number of hydrogen-bond donors (Lipinski definition) is 1. The van der Waals surface area contributed by atoms with Gasteiger partial charge in [-0.2, -0.15) is 0 Å². The van der Waals surface area contributed by atoms with Gasteiger partial charge in [-0.15, -0.1) is 0 Å². The molecule has 1 heterocycles. The number of hydrogen-bond acceptors (Lipinski definition) is 3. The monoisotopic (exact) mass is 304 g/mol. The van der Waals surface area contributed by atoms with Crippen LogP contribution in [0.2, 0.25) is 0 Å². The molecule has 1 atom stereocenters. The number of nitrogens with zero attached hydrogens (tertiary/aromatic N) is 1. The van der Waals surface area contributed by atoms with Crippen LogP contribution in [0.3, 0.4) is 0 Å². The fraction of sp³-hybridized carbons (Fsp3) is 0.611. The molecule has 4 nitrogen and oxygen atoms in total. The Labute approximate surface area is 133 Å². The number of amides is 1. The van der Waals surface area contributed by atoms with Gasteiger partial charge in [0.2, 0.25) is 5.91 Å². The Morgan fingerprint density at radius 1 is 1.27 bits per heavy atom. The van der Waals surface area contributed by atoms with Crippen LogP contribution >= 0.6 is 0 Å². The van der Waals surface area contributed by atoms with Crippen LogP contribution in [-0.2, 0) is 11.2 Å². The molecular formula is C18H28N2O2. The molecule has 0 aliphatic carbocycles. The lowest BCUT2D eigenvalue weighted by Gasteiger charge is -2.32. The van der Waals surface area contributed by atoms with E-state index in [1.807, 2.05) is 17.0 Å². The van der Waals surface area contributed by atoms with Crippen molar-refractivity contribution in [2.75, 3.05) is 26.7 Å². The van der Waals surface area contributed by atoms with Crippen molar-refractivity contribution in [1.82, 2.24) is 10.2 Å². The van der Waals surface area contributed by atoms with E-state index in [4.69, 9.17) is 4.74 Å². The molecule has 1 saturated heterocycles. The third kappa shape index (κ3) is 5.34. The second-order valence-electron chi connectivity index (χ2n) is 6.10. The smallest absolute Gasteiger partial charge is 0.222 e. The third-order valence-corrected chi connectivity index (χ3v) is 4.24. The van der Waals surface area contributed by atoms with E-state index in [-0.39, 0.29) is 0 Å². The summed E-state index contributed by atoms with van der Waals surface area (Å²) in [4.78, 5) is 14.1. The summed E-state index contributed by atoms with van der Waals surface area (Å²) in [5.41, 5.74) is 1.34. The maximum Gasteiger partial charge on any atom is 0.222 e. The molecule has 0 spiro atoms. The van der Waals surface area contributed by atoms with E-state index < -0.39 is 0 Å². The van der Waals surface area contributed by atoms with Crippen molar-refractivity contribution in [1.29, 1.82) is 0 Å². The van der Waals surface area contributed by atoms with E-state index in [1.165, 1.54) is 5.56 Å². The number of ether oxygens (including phenoxy) is 1. The largest absolute Gasteiger partial charge is 0.497 e. The van der Waals surface area contributed by atoms with Crippen molar-refractivity contribution >= 4 is 5.91 Å². The molecule has 1 aromatic carbocycles. The Hall–Kier alpha value is -1.55. The number of methoxy groups -OCH3 is 1. The molecule has 1 amide bonds. The summed E-state index contributed by atoms with van der Waals surface area (Å²) in [6.45, 7) is 4.76. The molecule has 122 valence electrons. The number of unbranched alkanes of at least 4 members (excludes halogenated alkanes) is 2. The number of piperazine rings is 1. The van der Waals surface area contributed by atoms with Crippen LogP contribution in [0.5, 0.6) is 5.75 Å². The molecular weight excluding hydrogens is 276 g/mol. The van der Waals surface area contributed by atoms with Crippen molar-refractivity contribution in [3.05, 3.63) is 29.8 Å². The normalized spacial score (nSPS) is 18.3. The van der Waals surface area contributed by atoms with Gasteiger partial charge >= 0.3 is 0 Å². The van der Waals surface area contributed by atoms with Gasteiger partial charge < -0.3 is 15.0 Å². The van der Waals surface area contributed by atoms with E-state index in [0.717, 1.165) is 51.1 Å². The maximum atomic E-state index is 12.1. The molecule has 22 heavy (non-hydrogen) atoms. The zero-order chi connectivity index (χ0) is 15.8. The quantitative estimate of drug-likeness (QED) is 0.787. The molecule has 1 aliphatic heterocycles. The molecule has 1 N–H and O–H groups in total. The van der Waals surface area contributed by atoms with Crippen LogP contribution in [0.25, 0.3) is 0 Å². The highest BCUT2D eigenvalue weighted by molar-refractivity contribution is 5.76. The van der Waals surface area contributed by atoms with E-state index in [0.29, 0.717) is 18.4 Å². The van der Waals surface area contributed by atoms with E-state index >= 15 is 0 Å². The Balaban J connectivity index is 1.59. The zero-order valence-corrected chi connectivity index (χ0v) is 13.8. The first-order valence-electron chi connectivity index (χ1n) is 8.33. The maximum absolute atomic E-state index is 12.1. The van der Waals surface area contributed by atoms with Crippen molar-refractivity contribution in [2.24, 2.45) is 0 Å². The van der Waals surface area contributed by atoms with Crippen molar-refractivity contribution < 1.29 is 9.53 Å². The zero-order valence-electron chi connectivity index (χ0n) is 13.8. The van der Waals surface area contributed by atoms with E-state index in [1.54, 1.807) is 7.11 Å². The summed E-state index contributed by atoms with van der Waals surface area (Å²) in [7, 11) is 1.69. The summed E-state index contributed by atoms with van der Waals surface area (Å²) in [6.07, 6.45) is 5.00. The summed E-state index contributed by atoms with van der Waals surface area (Å²) >= 11 is 0. The predicted octanol–water partition coefficient (Wildman–Crippen LogP) is 2.62. The number of nitrogens with one attached hydrogen (secondary N) is 1. The third-order valence-electron chi connectivity index (χ3n) is 4.24. The Morgan fingerprint density at radius 2 is 2.05 bits per heavy atom. The summed E-state index contributed by atoms with van der Waals surface area (Å²) in [6, 6.07) is 8.67. The highest BCUT2D eigenvalue weighted by Gasteiger charge is 2.19. The van der Waals surface area contributed by atoms with Crippen LogP contribution in [0, 0.1) is 0 Å². The molecule has 1 unspecified atom stereocenters. The Bertz CT molecular complexity index is 459. The van der Waals surface area contributed by atoms with Crippen LogP contribution < -0.4 is 10.1 Å². The van der Waals surface area contributed by atoms with Gasteiger partial charge in [0.1, 0.15) is 5.75 Å². The molecule has 2 rings (SSSR count). The number of aryl methyl sites for hydroxylation is 1. The van der Waals surface area contributed by atoms with Gasteiger partial charge in [-0.25, -0.2) is 0 Å². The molecule has 4 heteroatoms. The van der Waals surface area contributed by atoms with Crippen molar-refractivity contribution in [2.45, 2.75) is 45.1 Å². The molecule has 0 saturated carbocycles. The fourth-order valence-electron chi connectivity index (χ4n) is 2.89. The molecule has 1 aromatic rings. The molecule has 1 aliphatic rings. The van der Waals surface area contributed by atoms with E-state index in [9.17, 15) is 4.79 Å². The Kier molecular flexibility index (Phi) is 6.72. The minimum atomic E-state index is 0.317. The lowest BCUT2D eigenvalue weighted by molar-refractivity contribution is -0.132. The van der Waals surface area contributed by atoms with Gasteiger partial charge in [0, 0.05) is 32.1 Å². The molecule has 0 radical (unpaired) electrons. The molecule has 1 fully saturated rings. The Morgan fingerprint density at radius 3 is 2.73 bits per heavy atom. The SMILES string of the molecule is COc1ccc(CCCCCC(=O)N2CCNC(C)C2)cc1. The number of benzene rings is 1. The van der Waals surface area contributed by atoms with Crippen LogP contribution in [0.4, 0.5) is 0 Å². The highest BCUT2D eigenvalue weighted by Crippen LogP contribution is 2.14. The lowest BCUT2D eigenvalue weighted by atomic mass is 10.1. The van der Waals surface area contributed by atoms with Crippen molar-refractivity contribution in [3.8, 4) is 5.75 Å². The highest BCUT2D eigenvalue weighted by atomic mass is 16.5. The number of carbonyl (C=O) groups excluding carboxylic acids is 1. The summed E-state index contributed by atoms with van der Waals surface area (Å²) in [5, 5.41) is 3.37. The van der Waals surface area contributed by atoms with Gasteiger partial charge in [0.05, 0.1) is 7.11 Å².